The maximum Gasteiger partial charge on any atom is 0.189 e. The van der Waals surface area contributed by atoms with Crippen LogP contribution < -0.4 is 0 Å². The van der Waals surface area contributed by atoms with E-state index in [1.165, 1.54) is 0 Å². The van der Waals surface area contributed by atoms with Crippen LogP contribution in [0.25, 0.3) is 0 Å². The Morgan fingerprint density at radius 2 is 2.12 bits per heavy atom. The Balaban J connectivity index is 2.24. The van der Waals surface area contributed by atoms with E-state index in [4.69, 9.17) is 0 Å². The van der Waals surface area contributed by atoms with Gasteiger partial charge in [-0.2, -0.15) is 10.2 Å². The number of carbonyl (C=O) groups is 1. The highest BCUT2D eigenvalue weighted by Crippen LogP contribution is 2.21. The lowest BCUT2D eigenvalue weighted by Gasteiger charge is -2.00. The molecule has 0 saturated heterocycles. The molecule has 0 unspecified atom stereocenters. The van der Waals surface area contributed by atoms with Crippen molar-refractivity contribution in [2.45, 2.75) is 13.3 Å². The topological polar surface area (TPSA) is 52.7 Å². The van der Waals surface area contributed by atoms with Gasteiger partial charge in [0.1, 0.15) is 5.69 Å². The van der Waals surface area contributed by atoms with Gasteiger partial charge < -0.3 is 0 Å². The third kappa shape index (κ3) is 2.31. The highest BCUT2D eigenvalue weighted by atomic mass is 79.9. The summed E-state index contributed by atoms with van der Waals surface area (Å²) in [5.41, 5.74) is 2.24. The third-order valence-corrected chi connectivity index (χ3v) is 3.62. The molecule has 0 aliphatic heterocycles. The van der Waals surface area contributed by atoms with Gasteiger partial charge in [0, 0.05) is 20.3 Å². The van der Waals surface area contributed by atoms with Gasteiger partial charge in [-0.3, -0.25) is 14.2 Å². The third-order valence-electron chi connectivity index (χ3n) is 2.59. The fraction of sp³-hybridized carbons (Fsp3) is 0.364. The number of aromatic nitrogens is 4. The van der Waals surface area contributed by atoms with E-state index in [9.17, 15) is 4.79 Å². The first-order chi connectivity index (χ1) is 7.99. The quantitative estimate of drug-likeness (QED) is 0.809. The second kappa shape index (κ2) is 4.44. The van der Waals surface area contributed by atoms with E-state index in [-0.39, 0.29) is 5.78 Å². The Bertz CT molecular complexity index is 570. The van der Waals surface area contributed by atoms with Crippen LogP contribution in [0.3, 0.4) is 0 Å². The van der Waals surface area contributed by atoms with E-state index in [2.05, 4.69) is 26.1 Å². The number of Topliss-reactive ketones (excluding diaryl/α,β-unsaturated/α-hetero) is 1. The number of hydrogen-bond donors (Lipinski definition) is 0. The molecule has 0 aliphatic carbocycles. The minimum Gasteiger partial charge on any atom is -0.292 e. The van der Waals surface area contributed by atoms with Gasteiger partial charge >= 0.3 is 0 Å². The molecular weight excluding hydrogens is 284 g/mol. The summed E-state index contributed by atoms with van der Waals surface area (Å²) in [5, 5.41) is 8.35. The Morgan fingerprint density at radius 3 is 2.59 bits per heavy atom. The highest BCUT2D eigenvalue weighted by Gasteiger charge is 2.16. The molecule has 0 amide bonds. The van der Waals surface area contributed by atoms with Crippen molar-refractivity contribution < 1.29 is 4.79 Å². The van der Waals surface area contributed by atoms with Crippen molar-refractivity contribution in [3.05, 3.63) is 33.8 Å². The van der Waals surface area contributed by atoms with E-state index < -0.39 is 0 Å². The lowest BCUT2D eigenvalue weighted by Crippen LogP contribution is -2.09. The van der Waals surface area contributed by atoms with Crippen LogP contribution in [0, 0.1) is 6.92 Å². The molecule has 2 aromatic rings. The van der Waals surface area contributed by atoms with Gasteiger partial charge in [-0.25, -0.2) is 0 Å². The van der Waals surface area contributed by atoms with Crippen molar-refractivity contribution in [1.29, 1.82) is 0 Å². The molecule has 2 aromatic heterocycles. The van der Waals surface area contributed by atoms with Crippen LogP contribution in [0.5, 0.6) is 0 Å². The van der Waals surface area contributed by atoms with Gasteiger partial charge in [0.25, 0.3) is 0 Å². The summed E-state index contributed by atoms with van der Waals surface area (Å²) in [6.07, 6.45) is 2.06. The lowest BCUT2D eigenvalue weighted by molar-refractivity contribution is 0.0985. The molecule has 17 heavy (non-hydrogen) atoms. The van der Waals surface area contributed by atoms with Crippen LogP contribution in [0.2, 0.25) is 0 Å². The van der Waals surface area contributed by atoms with Crippen LogP contribution in [0.4, 0.5) is 0 Å². The normalized spacial score (nSPS) is 10.8. The fourth-order valence-corrected chi connectivity index (χ4v) is 2.15. The zero-order valence-electron chi connectivity index (χ0n) is 9.94. The molecule has 0 N–H and O–H groups in total. The molecule has 0 atom stereocenters. The minimum absolute atomic E-state index is 0.00528. The van der Waals surface area contributed by atoms with Crippen molar-refractivity contribution in [1.82, 2.24) is 19.6 Å². The number of hydrogen-bond acceptors (Lipinski definition) is 3. The summed E-state index contributed by atoms with van der Waals surface area (Å²) < 4.78 is 4.24. The Hall–Kier alpha value is -1.43. The van der Waals surface area contributed by atoms with E-state index in [1.54, 1.807) is 28.7 Å². The molecule has 2 heterocycles. The number of ketones is 1. The number of rotatable bonds is 3. The maximum atomic E-state index is 12.0. The van der Waals surface area contributed by atoms with Gasteiger partial charge in [-0.15, -0.1) is 0 Å². The van der Waals surface area contributed by atoms with E-state index in [0.717, 1.165) is 15.9 Å². The summed E-state index contributed by atoms with van der Waals surface area (Å²) in [4.78, 5) is 12.0. The van der Waals surface area contributed by atoms with Gasteiger partial charge in [-0.05, 0) is 28.9 Å². The van der Waals surface area contributed by atoms with Crippen molar-refractivity contribution >= 4 is 21.7 Å². The number of aryl methyl sites for hydroxylation is 3. The van der Waals surface area contributed by atoms with Crippen LogP contribution in [-0.4, -0.2) is 25.3 Å². The molecular formula is C11H13BrN4O. The molecule has 2 rings (SSSR count). The Kier molecular flexibility index (Phi) is 3.15. The first-order valence-corrected chi connectivity index (χ1v) is 5.99. The molecule has 0 saturated carbocycles. The second-order valence-electron chi connectivity index (χ2n) is 3.94. The van der Waals surface area contributed by atoms with Crippen molar-refractivity contribution in [2.75, 3.05) is 0 Å². The molecule has 0 spiro atoms. The zero-order chi connectivity index (χ0) is 12.6. The molecule has 0 aliphatic rings. The summed E-state index contributed by atoms with van der Waals surface area (Å²) in [5.74, 6) is -0.00528. The van der Waals surface area contributed by atoms with Crippen molar-refractivity contribution in [2.24, 2.45) is 14.1 Å². The first-order valence-electron chi connectivity index (χ1n) is 5.20. The van der Waals surface area contributed by atoms with E-state index in [0.29, 0.717) is 12.1 Å². The van der Waals surface area contributed by atoms with E-state index in [1.807, 2.05) is 14.0 Å². The van der Waals surface area contributed by atoms with Crippen molar-refractivity contribution in [3.8, 4) is 0 Å². The predicted octanol–water partition coefficient (Wildman–Crippen LogP) is 1.65. The summed E-state index contributed by atoms with van der Waals surface area (Å²) in [6.45, 7) is 1.90. The van der Waals surface area contributed by atoms with E-state index >= 15 is 0 Å². The molecule has 0 radical (unpaired) electrons. The molecule has 6 heteroatoms. The summed E-state index contributed by atoms with van der Waals surface area (Å²) in [6, 6.07) is 1.72. The highest BCUT2D eigenvalue weighted by molar-refractivity contribution is 9.10. The molecule has 5 nitrogen and oxygen atoms in total. The van der Waals surface area contributed by atoms with Crippen LogP contribution in [0.1, 0.15) is 21.9 Å². The Morgan fingerprint density at radius 1 is 1.41 bits per heavy atom. The average Bonchev–Trinajstić information content (AvgIpc) is 2.79. The predicted molar refractivity (Wildman–Crippen MR) is 66.9 cm³/mol. The van der Waals surface area contributed by atoms with Gasteiger partial charge in [0.15, 0.2) is 5.78 Å². The average molecular weight is 297 g/mol. The Labute approximate surface area is 108 Å². The summed E-state index contributed by atoms with van der Waals surface area (Å²) >= 11 is 3.45. The van der Waals surface area contributed by atoms with Gasteiger partial charge in [0.05, 0.1) is 22.3 Å². The SMILES string of the molecule is Cc1nn(C)c(CC(=O)c2ccn(C)n2)c1Br. The number of halogens is 1. The second-order valence-corrected chi connectivity index (χ2v) is 4.74. The van der Waals surface area contributed by atoms with Crippen LogP contribution in [-0.2, 0) is 20.5 Å². The molecule has 0 fully saturated rings. The molecule has 0 bridgehead atoms. The first kappa shape index (κ1) is 12.0. The molecule has 90 valence electrons. The standard InChI is InChI=1S/C11H13BrN4O/c1-7-11(12)9(16(3)13-7)6-10(17)8-4-5-15(2)14-8/h4-5H,6H2,1-3H3. The molecule has 0 aromatic carbocycles. The maximum absolute atomic E-state index is 12.0. The van der Waals surface area contributed by atoms with Crippen LogP contribution in [0.15, 0.2) is 16.7 Å². The smallest absolute Gasteiger partial charge is 0.189 e. The zero-order valence-corrected chi connectivity index (χ0v) is 11.5. The van der Waals surface area contributed by atoms with Crippen molar-refractivity contribution in [3.63, 3.8) is 0 Å². The monoisotopic (exact) mass is 296 g/mol. The number of nitrogens with zero attached hydrogens (tertiary/aromatic N) is 4. The minimum atomic E-state index is -0.00528. The van der Waals surface area contributed by atoms with Gasteiger partial charge in [0.2, 0.25) is 0 Å². The number of carbonyl (C=O) groups excluding carboxylic acids is 1. The lowest BCUT2D eigenvalue weighted by atomic mass is 10.1. The fourth-order valence-electron chi connectivity index (χ4n) is 1.68. The van der Waals surface area contributed by atoms with Crippen LogP contribution >= 0.6 is 15.9 Å². The van der Waals surface area contributed by atoms with Gasteiger partial charge in [-0.1, -0.05) is 0 Å². The summed E-state index contributed by atoms with van der Waals surface area (Å²) in [7, 11) is 3.62. The largest absolute Gasteiger partial charge is 0.292 e.